The Balaban J connectivity index is 1.97. The van der Waals surface area contributed by atoms with Crippen LogP contribution in [-0.2, 0) is 0 Å². The third-order valence-electron chi connectivity index (χ3n) is 3.21. The summed E-state index contributed by atoms with van der Waals surface area (Å²) in [5, 5.41) is 4.05. The maximum atomic E-state index is 5.39. The Hall–Kier alpha value is -2.89. The van der Waals surface area contributed by atoms with Crippen molar-refractivity contribution in [1.29, 1.82) is 0 Å². The minimum atomic E-state index is 0.447. The molecule has 3 rings (SSSR count). The zero-order chi connectivity index (χ0) is 15.5. The lowest BCUT2D eigenvalue weighted by atomic mass is 10.2. The van der Waals surface area contributed by atoms with E-state index in [4.69, 9.17) is 9.26 Å². The molecule has 1 aromatic carbocycles. The summed E-state index contributed by atoms with van der Waals surface area (Å²) in [6, 6.07) is 11.3. The van der Waals surface area contributed by atoms with Gasteiger partial charge in [-0.15, -0.1) is 0 Å². The van der Waals surface area contributed by atoms with Gasteiger partial charge in [0.15, 0.2) is 0 Å². The Bertz CT molecular complexity index is 766. The summed E-state index contributed by atoms with van der Waals surface area (Å²) in [6.07, 6.45) is 1.74. The molecule has 6 nitrogen and oxygen atoms in total. The first-order valence-electron chi connectivity index (χ1n) is 6.80. The summed E-state index contributed by atoms with van der Waals surface area (Å²) in [7, 11) is 5.48. The molecule has 0 atom stereocenters. The van der Waals surface area contributed by atoms with Crippen LogP contribution >= 0.6 is 0 Å². The monoisotopic (exact) mass is 296 g/mol. The highest BCUT2D eigenvalue weighted by atomic mass is 16.5. The molecular formula is C16H16N4O2. The van der Waals surface area contributed by atoms with Gasteiger partial charge in [-0.05, 0) is 36.4 Å². The minimum Gasteiger partial charge on any atom is -0.497 e. The van der Waals surface area contributed by atoms with Crippen molar-refractivity contribution >= 4 is 5.82 Å². The second-order valence-electron chi connectivity index (χ2n) is 4.92. The number of rotatable bonds is 4. The van der Waals surface area contributed by atoms with Gasteiger partial charge in [0.05, 0.1) is 12.7 Å². The Kier molecular flexibility index (Phi) is 3.74. The van der Waals surface area contributed by atoms with Crippen molar-refractivity contribution in [2.75, 3.05) is 26.1 Å². The van der Waals surface area contributed by atoms with Crippen molar-refractivity contribution in [3.8, 4) is 28.6 Å². The Morgan fingerprint density at radius 3 is 2.55 bits per heavy atom. The Morgan fingerprint density at radius 2 is 1.86 bits per heavy atom. The van der Waals surface area contributed by atoms with E-state index in [0.717, 1.165) is 22.7 Å². The van der Waals surface area contributed by atoms with Crippen LogP contribution in [0.1, 0.15) is 0 Å². The van der Waals surface area contributed by atoms with Gasteiger partial charge in [-0.2, -0.15) is 4.98 Å². The van der Waals surface area contributed by atoms with Crippen molar-refractivity contribution in [1.82, 2.24) is 15.1 Å². The van der Waals surface area contributed by atoms with Gasteiger partial charge in [0.2, 0.25) is 5.82 Å². The van der Waals surface area contributed by atoms with Gasteiger partial charge in [0.25, 0.3) is 5.89 Å². The van der Waals surface area contributed by atoms with Gasteiger partial charge in [-0.1, -0.05) is 5.16 Å². The third-order valence-corrected chi connectivity index (χ3v) is 3.21. The van der Waals surface area contributed by atoms with E-state index in [2.05, 4.69) is 15.1 Å². The average molecular weight is 296 g/mol. The third kappa shape index (κ3) is 2.63. The molecule has 0 radical (unpaired) electrons. The number of hydrogen-bond acceptors (Lipinski definition) is 6. The molecule has 0 bridgehead atoms. The van der Waals surface area contributed by atoms with Crippen LogP contribution in [0, 0.1) is 0 Å². The zero-order valence-corrected chi connectivity index (χ0v) is 12.6. The standard InChI is InChI=1S/C16H16N4O2/c1-20(2)15-13(5-4-10-17-15)16-18-14(19-22-16)11-6-8-12(21-3)9-7-11/h4-10H,1-3H3. The quantitative estimate of drug-likeness (QED) is 0.737. The largest absolute Gasteiger partial charge is 0.497 e. The van der Waals surface area contributed by atoms with Gasteiger partial charge in [-0.3, -0.25) is 0 Å². The molecule has 22 heavy (non-hydrogen) atoms. The number of aromatic nitrogens is 3. The summed E-state index contributed by atoms with van der Waals surface area (Å²) < 4.78 is 10.5. The molecule has 112 valence electrons. The van der Waals surface area contributed by atoms with Gasteiger partial charge in [0, 0.05) is 25.9 Å². The Morgan fingerprint density at radius 1 is 1.09 bits per heavy atom. The number of benzene rings is 1. The second kappa shape index (κ2) is 5.85. The fourth-order valence-electron chi connectivity index (χ4n) is 2.11. The first-order valence-corrected chi connectivity index (χ1v) is 6.80. The average Bonchev–Trinajstić information content (AvgIpc) is 3.04. The lowest BCUT2D eigenvalue weighted by Crippen LogP contribution is -2.11. The summed E-state index contributed by atoms with van der Waals surface area (Å²) in [4.78, 5) is 10.7. The molecule has 6 heteroatoms. The lowest BCUT2D eigenvalue weighted by Gasteiger charge is -2.13. The highest BCUT2D eigenvalue weighted by molar-refractivity contribution is 5.70. The molecular weight excluding hydrogens is 280 g/mol. The molecule has 0 saturated carbocycles. The zero-order valence-electron chi connectivity index (χ0n) is 12.6. The van der Waals surface area contributed by atoms with E-state index in [-0.39, 0.29) is 0 Å². The van der Waals surface area contributed by atoms with Crippen molar-refractivity contribution in [2.45, 2.75) is 0 Å². The van der Waals surface area contributed by atoms with Crippen LogP contribution in [0.4, 0.5) is 5.82 Å². The minimum absolute atomic E-state index is 0.447. The topological polar surface area (TPSA) is 64.3 Å². The fraction of sp³-hybridized carbons (Fsp3) is 0.188. The molecule has 2 aromatic heterocycles. The maximum Gasteiger partial charge on any atom is 0.261 e. The van der Waals surface area contributed by atoms with Crippen LogP contribution in [0.3, 0.4) is 0 Å². The Labute approximate surface area is 128 Å². The maximum absolute atomic E-state index is 5.39. The van der Waals surface area contributed by atoms with Gasteiger partial charge in [0.1, 0.15) is 11.6 Å². The lowest BCUT2D eigenvalue weighted by molar-refractivity contribution is 0.415. The van der Waals surface area contributed by atoms with E-state index < -0.39 is 0 Å². The van der Waals surface area contributed by atoms with Crippen molar-refractivity contribution in [3.63, 3.8) is 0 Å². The molecule has 0 N–H and O–H groups in total. The smallest absolute Gasteiger partial charge is 0.261 e. The SMILES string of the molecule is COc1ccc(-c2noc(-c3cccnc3N(C)C)n2)cc1. The van der Waals surface area contributed by atoms with Gasteiger partial charge >= 0.3 is 0 Å². The fourth-order valence-corrected chi connectivity index (χ4v) is 2.11. The first-order chi connectivity index (χ1) is 10.7. The number of hydrogen-bond donors (Lipinski definition) is 0. The summed E-state index contributed by atoms with van der Waals surface area (Å²) in [5.41, 5.74) is 1.67. The summed E-state index contributed by atoms with van der Waals surface area (Å²) >= 11 is 0. The number of pyridine rings is 1. The molecule has 0 fully saturated rings. The van der Waals surface area contributed by atoms with Crippen LogP contribution in [0.5, 0.6) is 5.75 Å². The van der Waals surface area contributed by atoms with Crippen LogP contribution in [0.15, 0.2) is 47.1 Å². The van der Waals surface area contributed by atoms with Crippen molar-refractivity contribution in [3.05, 3.63) is 42.6 Å². The van der Waals surface area contributed by atoms with Crippen molar-refractivity contribution in [2.24, 2.45) is 0 Å². The summed E-state index contributed by atoms with van der Waals surface area (Å²) in [6.45, 7) is 0. The first kappa shape index (κ1) is 14.1. The van der Waals surface area contributed by atoms with E-state index in [0.29, 0.717) is 11.7 Å². The van der Waals surface area contributed by atoms with E-state index >= 15 is 0 Å². The number of methoxy groups -OCH3 is 1. The van der Waals surface area contributed by atoms with Crippen LogP contribution in [0.25, 0.3) is 22.8 Å². The molecule has 2 heterocycles. The molecule has 0 aliphatic carbocycles. The molecule has 0 aliphatic rings. The van der Waals surface area contributed by atoms with Gasteiger partial charge in [-0.25, -0.2) is 4.98 Å². The predicted octanol–water partition coefficient (Wildman–Crippen LogP) is 2.87. The van der Waals surface area contributed by atoms with Crippen LogP contribution < -0.4 is 9.64 Å². The second-order valence-corrected chi connectivity index (χ2v) is 4.92. The molecule has 0 amide bonds. The summed E-state index contributed by atoms with van der Waals surface area (Å²) in [5.74, 6) is 2.55. The normalized spacial score (nSPS) is 10.5. The highest BCUT2D eigenvalue weighted by Crippen LogP contribution is 2.28. The van der Waals surface area contributed by atoms with Crippen LogP contribution in [-0.4, -0.2) is 36.3 Å². The molecule has 0 spiro atoms. The number of anilines is 1. The van der Waals surface area contributed by atoms with E-state index in [1.807, 2.05) is 55.4 Å². The van der Waals surface area contributed by atoms with E-state index in [1.54, 1.807) is 13.3 Å². The van der Waals surface area contributed by atoms with Crippen molar-refractivity contribution < 1.29 is 9.26 Å². The highest BCUT2D eigenvalue weighted by Gasteiger charge is 2.15. The predicted molar refractivity (Wildman–Crippen MR) is 83.8 cm³/mol. The van der Waals surface area contributed by atoms with Gasteiger partial charge < -0.3 is 14.2 Å². The molecule has 0 saturated heterocycles. The van der Waals surface area contributed by atoms with Crippen LogP contribution in [0.2, 0.25) is 0 Å². The van der Waals surface area contributed by atoms with E-state index in [1.165, 1.54) is 0 Å². The number of ether oxygens (including phenoxy) is 1. The van der Waals surface area contributed by atoms with E-state index in [9.17, 15) is 0 Å². The number of nitrogens with zero attached hydrogens (tertiary/aromatic N) is 4. The molecule has 0 aliphatic heterocycles. The molecule has 0 unspecified atom stereocenters. The molecule has 3 aromatic rings.